The summed E-state index contributed by atoms with van der Waals surface area (Å²) in [5, 5.41) is 9.64. The lowest BCUT2D eigenvalue weighted by molar-refractivity contribution is 0.196. The lowest BCUT2D eigenvalue weighted by Gasteiger charge is -2.17. The van der Waals surface area contributed by atoms with Crippen LogP contribution in [0.25, 0.3) is 0 Å². The zero-order valence-electron chi connectivity index (χ0n) is 8.71. The first-order valence-corrected chi connectivity index (χ1v) is 5.96. The van der Waals surface area contributed by atoms with E-state index in [4.69, 9.17) is 0 Å². The van der Waals surface area contributed by atoms with Crippen LogP contribution in [-0.4, -0.2) is 22.2 Å². The van der Waals surface area contributed by atoms with Crippen LogP contribution in [0.2, 0.25) is 0 Å². The molecule has 0 aromatic heterocycles. The first-order chi connectivity index (χ1) is 5.61. The van der Waals surface area contributed by atoms with E-state index in [1.165, 1.54) is 18.6 Å². The minimum atomic E-state index is -0.177. The van der Waals surface area contributed by atoms with Crippen molar-refractivity contribution in [2.24, 2.45) is 5.92 Å². The van der Waals surface area contributed by atoms with Crippen molar-refractivity contribution in [2.45, 2.75) is 51.9 Å². The molecule has 0 bridgehead atoms. The minimum absolute atomic E-state index is 0.177. The van der Waals surface area contributed by atoms with Gasteiger partial charge in [-0.15, -0.1) is 0 Å². The summed E-state index contributed by atoms with van der Waals surface area (Å²) < 4.78 is 0. The molecular formula is C10H22OS. The van der Waals surface area contributed by atoms with E-state index in [1.54, 1.807) is 0 Å². The van der Waals surface area contributed by atoms with Gasteiger partial charge in [0.25, 0.3) is 0 Å². The van der Waals surface area contributed by atoms with Crippen LogP contribution in [0.15, 0.2) is 0 Å². The van der Waals surface area contributed by atoms with Crippen molar-refractivity contribution in [2.75, 3.05) is 5.75 Å². The Morgan fingerprint density at radius 3 is 2.00 bits per heavy atom. The second-order valence-electron chi connectivity index (χ2n) is 3.46. The predicted molar refractivity (Wildman–Crippen MR) is 57.7 cm³/mol. The van der Waals surface area contributed by atoms with Gasteiger partial charge >= 0.3 is 0 Å². The molecule has 2 atom stereocenters. The van der Waals surface area contributed by atoms with Crippen molar-refractivity contribution in [3.05, 3.63) is 0 Å². The highest BCUT2D eigenvalue weighted by atomic mass is 32.2. The molecule has 0 aromatic rings. The van der Waals surface area contributed by atoms with Gasteiger partial charge in [-0.1, -0.05) is 33.6 Å². The van der Waals surface area contributed by atoms with Gasteiger partial charge in [-0.25, -0.2) is 0 Å². The molecule has 0 radical (unpaired) electrons. The van der Waals surface area contributed by atoms with Crippen LogP contribution in [-0.2, 0) is 0 Å². The molecule has 0 spiro atoms. The van der Waals surface area contributed by atoms with Gasteiger partial charge in [0, 0.05) is 5.25 Å². The van der Waals surface area contributed by atoms with E-state index >= 15 is 0 Å². The number of aliphatic hydroxyl groups is 1. The Labute approximate surface area is 80.9 Å². The Morgan fingerprint density at radius 1 is 1.17 bits per heavy atom. The van der Waals surface area contributed by atoms with Gasteiger partial charge in [-0.2, -0.15) is 11.8 Å². The predicted octanol–water partition coefficient (Wildman–Crippen LogP) is 2.93. The Morgan fingerprint density at radius 2 is 1.67 bits per heavy atom. The summed E-state index contributed by atoms with van der Waals surface area (Å²) in [6, 6.07) is 0. The smallest absolute Gasteiger partial charge is 0.0627 e. The minimum Gasteiger partial charge on any atom is -0.392 e. The number of hydrogen-bond acceptors (Lipinski definition) is 2. The van der Waals surface area contributed by atoms with E-state index in [0.29, 0.717) is 5.25 Å². The van der Waals surface area contributed by atoms with Gasteiger partial charge in [0.1, 0.15) is 0 Å². The molecular weight excluding hydrogens is 168 g/mol. The van der Waals surface area contributed by atoms with E-state index < -0.39 is 0 Å². The third-order valence-corrected chi connectivity index (χ3v) is 4.01. The summed E-state index contributed by atoms with van der Waals surface area (Å²) >= 11 is 1.89. The highest BCUT2D eigenvalue weighted by Crippen LogP contribution is 2.21. The molecule has 0 aromatic carbocycles. The molecule has 0 fully saturated rings. The number of rotatable bonds is 6. The first kappa shape index (κ1) is 12.3. The molecule has 0 saturated heterocycles. The van der Waals surface area contributed by atoms with E-state index in [1.807, 2.05) is 18.7 Å². The molecule has 12 heavy (non-hydrogen) atoms. The van der Waals surface area contributed by atoms with Crippen LogP contribution < -0.4 is 0 Å². The van der Waals surface area contributed by atoms with Crippen LogP contribution in [0.3, 0.4) is 0 Å². The maximum absolute atomic E-state index is 9.26. The molecule has 2 heteroatoms. The fourth-order valence-electron chi connectivity index (χ4n) is 0.951. The Bertz CT molecular complexity index is 98.0. The van der Waals surface area contributed by atoms with Crippen LogP contribution in [0, 0.1) is 5.92 Å². The second kappa shape index (κ2) is 6.79. The summed E-state index contributed by atoms with van der Waals surface area (Å²) in [5.74, 6) is 2.02. The van der Waals surface area contributed by atoms with Gasteiger partial charge in [0.05, 0.1) is 6.10 Å². The van der Waals surface area contributed by atoms with Crippen LogP contribution in [0.1, 0.15) is 40.5 Å². The van der Waals surface area contributed by atoms with Crippen molar-refractivity contribution >= 4 is 11.8 Å². The normalized spacial score (nSPS) is 16.5. The fourth-order valence-corrected chi connectivity index (χ4v) is 2.28. The maximum atomic E-state index is 9.26. The van der Waals surface area contributed by atoms with Crippen LogP contribution >= 0.6 is 11.8 Å². The highest BCUT2D eigenvalue weighted by Gasteiger charge is 2.11. The van der Waals surface area contributed by atoms with Crippen LogP contribution in [0.5, 0.6) is 0 Å². The van der Waals surface area contributed by atoms with E-state index in [2.05, 4.69) is 20.8 Å². The molecule has 0 aliphatic heterocycles. The molecule has 0 aliphatic rings. The van der Waals surface area contributed by atoms with Crippen molar-refractivity contribution in [1.29, 1.82) is 0 Å². The maximum Gasteiger partial charge on any atom is 0.0627 e. The highest BCUT2D eigenvalue weighted by molar-refractivity contribution is 7.99. The molecule has 0 rings (SSSR count). The lowest BCUT2D eigenvalue weighted by Crippen LogP contribution is -2.17. The topological polar surface area (TPSA) is 20.2 Å². The quantitative estimate of drug-likeness (QED) is 0.695. The summed E-state index contributed by atoms with van der Waals surface area (Å²) in [5.41, 5.74) is 0. The number of thioether (sulfide) groups is 1. The molecule has 74 valence electrons. The summed E-state index contributed by atoms with van der Waals surface area (Å²) in [6.45, 7) is 8.44. The third kappa shape index (κ3) is 5.04. The SMILES string of the molecule is CCC(CC)CSC(C)C(C)O. The molecule has 0 aliphatic carbocycles. The Balaban J connectivity index is 3.51. The van der Waals surface area contributed by atoms with Gasteiger partial charge in [-0.3, -0.25) is 0 Å². The van der Waals surface area contributed by atoms with Crippen LogP contribution in [0.4, 0.5) is 0 Å². The van der Waals surface area contributed by atoms with Gasteiger partial charge < -0.3 is 5.11 Å². The molecule has 2 unspecified atom stereocenters. The molecule has 0 amide bonds. The lowest BCUT2D eigenvalue weighted by atomic mass is 10.1. The van der Waals surface area contributed by atoms with Crippen molar-refractivity contribution in [1.82, 2.24) is 0 Å². The van der Waals surface area contributed by atoms with E-state index in [9.17, 15) is 5.11 Å². The third-order valence-electron chi connectivity index (χ3n) is 2.43. The van der Waals surface area contributed by atoms with Gasteiger partial charge in [0.2, 0.25) is 0 Å². The van der Waals surface area contributed by atoms with E-state index in [0.717, 1.165) is 5.92 Å². The Hall–Kier alpha value is 0.310. The molecule has 0 heterocycles. The zero-order chi connectivity index (χ0) is 9.56. The number of aliphatic hydroxyl groups excluding tert-OH is 1. The molecule has 1 nitrogen and oxygen atoms in total. The standard InChI is InChI=1S/C10H22OS/c1-5-10(6-2)7-12-9(4)8(3)11/h8-11H,5-7H2,1-4H3. The van der Waals surface area contributed by atoms with Gasteiger partial charge in [0.15, 0.2) is 0 Å². The Kier molecular flexibility index (Phi) is 6.96. The van der Waals surface area contributed by atoms with Crippen molar-refractivity contribution in [3.63, 3.8) is 0 Å². The molecule has 1 N–H and O–H groups in total. The van der Waals surface area contributed by atoms with Gasteiger partial charge in [-0.05, 0) is 18.6 Å². The largest absolute Gasteiger partial charge is 0.392 e. The summed E-state index contributed by atoms with van der Waals surface area (Å²) in [6.07, 6.45) is 2.34. The van der Waals surface area contributed by atoms with E-state index in [-0.39, 0.29) is 6.10 Å². The zero-order valence-corrected chi connectivity index (χ0v) is 9.53. The average Bonchev–Trinajstić information content (AvgIpc) is 2.05. The fraction of sp³-hybridized carbons (Fsp3) is 1.00. The molecule has 0 saturated carbocycles. The monoisotopic (exact) mass is 190 g/mol. The number of hydrogen-bond donors (Lipinski definition) is 1. The average molecular weight is 190 g/mol. The summed E-state index contributed by atoms with van der Waals surface area (Å²) in [7, 11) is 0. The second-order valence-corrected chi connectivity index (χ2v) is 4.87. The van der Waals surface area contributed by atoms with Crippen molar-refractivity contribution < 1.29 is 5.11 Å². The summed E-state index contributed by atoms with van der Waals surface area (Å²) in [4.78, 5) is 0. The first-order valence-electron chi connectivity index (χ1n) is 4.91. The van der Waals surface area contributed by atoms with Crippen molar-refractivity contribution in [3.8, 4) is 0 Å².